The minimum absolute atomic E-state index is 0.0579. The highest BCUT2D eigenvalue weighted by molar-refractivity contribution is 9.10. The molecule has 0 heterocycles. The standard InChI is InChI=1S/C10H10BrFO/c1-7(5-6-13)8-3-2-4-9(12)10(8)11/h2-4,6-7H,5H2,1H3. The van der Waals surface area contributed by atoms with Gasteiger partial charge in [0.1, 0.15) is 12.1 Å². The van der Waals surface area contributed by atoms with Gasteiger partial charge in [-0.1, -0.05) is 19.1 Å². The summed E-state index contributed by atoms with van der Waals surface area (Å²) in [5.74, 6) is -0.224. The number of halogens is 2. The molecule has 3 heteroatoms. The Morgan fingerprint density at radius 1 is 1.62 bits per heavy atom. The molecule has 0 amide bonds. The van der Waals surface area contributed by atoms with Crippen molar-refractivity contribution in [1.29, 1.82) is 0 Å². The Kier molecular flexibility index (Phi) is 3.60. The molecule has 0 aliphatic heterocycles. The third-order valence-electron chi connectivity index (χ3n) is 1.96. The van der Waals surface area contributed by atoms with Crippen LogP contribution in [-0.4, -0.2) is 6.29 Å². The van der Waals surface area contributed by atoms with Gasteiger partial charge in [0.15, 0.2) is 0 Å². The molecule has 0 aromatic heterocycles. The van der Waals surface area contributed by atoms with Crippen molar-refractivity contribution in [3.05, 3.63) is 34.1 Å². The first-order valence-electron chi connectivity index (χ1n) is 4.04. The number of hydrogen-bond donors (Lipinski definition) is 0. The van der Waals surface area contributed by atoms with Gasteiger partial charge in [-0.15, -0.1) is 0 Å². The van der Waals surface area contributed by atoms with Gasteiger partial charge in [0.25, 0.3) is 0 Å². The van der Waals surface area contributed by atoms with E-state index in [-0.39, 0.29) is 11.7 Å². The summed E-state index contributed by atoms with van der Waals surface area (Å²) in [5, 5.41) is 0. The van der Waals surface area contributed by atoms with Crippen LogP contribution in [0.2, 0.25) is 0 Å². The van der Waals surface area contributed by atoms with Crippen molar-refractivity contribution in [2.75, 3.05) is 0 Å². The Balaban J connectivity index is 3.00. The third kappa shape index (κ3) is 2.37. The molecule has 0 aliphatic rings. The van der Waals surface area contributed by atoms with E-state index in [0.717, 1.165) is 11.8 Å². The fraction of sp³-hybridized carbons (Fsp3) is 0.300. The Morgan fingerprint density at radius 2 is 2.31 bits per heavy atom. The van der Waals surface area contributed by atoms with Crippen LogP contribution in [0.15, 0.2) is 22.7 Å². The van der Waals surface area contributed by atoms with E-state index in [1.54, 1.807) is 6.07 Å². The van der Waals surface area contributed by atoms with Gasteiger partial charge >= 0.3 is 0 Å². The van der Waals surface area contributed by atoms with Crippen LogP contribution in [0.4, 0.5) is 4.39 Å². The summed E-state index contributed by atoms with van der Waals surface area (Å²) in [6, 6.07) is 4.86. The molecule has 1 rings (SSSR count). The molecule has 0 saturated carbocycles. The molecule has 1 unspecified atom stereocenters. The molecule has 0 N–H and O–H groups in total. The van der Waals surface area contributed by atoms with E-state index in [1.807, 2.05) is 13.0 Å². The van der Waals surface area contributed by atoms with Crippen molar-refractivity contribution in [2.45, 2.75) is 19.3 Å². The van der Waals surface area contributed by atoms with E-state index in [0.29, 0.717) is 10.9 Å². The summed E-state index contributed by atoms with van der Waals surface area (Å²) in [4.78, 5) is 10.3. The van der Waals surface area contributed by atoms with Crippen LogP contribution in [0, 0.1) is 5.82 Å². The molecular weight excluding hydrogens is 235 g/mol. The third-order valence-corrected chi connectivity index (χ3v) is 2.80. The summed E-state index contributed by atoms with van der Waals surface area (Å²) in [6.07, 6.45) is 1.27. The summed E-state index contributed by atoms with van der Waals surface area (Å²) in [7, 11) is 0. The van der Waals surface area contributed by atoms with Gasteiger partial charge in [0.05, 0.1) is 4.47 Å². The van der Waals surface area contributed by atoms with Gasteiger partial charge in [-0.2, -0.15) is 0 Å². The minimum atomic E-state index is -0.282. The van der Waals surface area contributed by atoms with Crippen LogP contribution in [0.1, 0.15) is 24.8 Å². The lowest BCUT2D eigenvalue weighted by Gasteiger charge is -2.10. The fourth-order valence-corrected chi connectivity index (χ4v) is 1.83. The highest BCUT2D eigenvalue weighted by Crippen LogP contribution is 2.28. The number of rotatable bonds is 3. The van der Waals surface area contributed by atoms with Crippen molar-refractivity contribution in [3.63, 3.8) is 0 Å². The van der Waals surface area contributed by atoms with E-state index >= 15 is 0 Å². The van der Waals surface area contributed by atoms with Crippen LogP contribution in [0.5, 0.6) is 0 Å². The Morgan fingerprint density at radius 3 is 2.92 bits per heavy atom. The summed E-state index contributed by atoms with van der Waals surface area (Å²) >= 11 is 3.16. The molecule has 0 bridgehead atoms. The molecule has 70 valence electrons. The SMILES string of the molecule is CC(CC=O)c1cccc(F)c1Br. The average Bonchev–Trinajstić information content (AvgIpc) is 2.10. The summed E-state index contributed by atoms with van der Waals surface area (Å²) in [5.41, 5.74) is 0.840. The van der Waals surface area contributed by atoms with Gasteiger partial charge in [0.2, 0.25) is 0 Å². The van der Waals surface area contributed by atoms with Crippen molar-refractivity contribution in [3.8, 4) is 0 Å². The topological polar surface area (TPSA) is 17.1 Å². The van der Waals surface area contributed by atoms with Crippen molar-refractivity contribution in [2.24, 2.45) is 0 Å². The lowest BCUT2D eigenvalue weighted by atomic mass is 9.98. The average molecular weight is 245 g/mol. The Bertz CT molecular complexity index is 312. The number of hydrogen-bond acceptors (Lipinski definition) is 1. The van der Waals surface area contributed by atoms with Gasteiger partial charge in [-0.25, -0.2) is 4.39 Å². The molecule has 0 radical (unpaired) electrons. The number of aldehydes is 1. The Labute approximate surface area is 85.1 Å². The first-order chi connectivity index (χ1) is 6.16. The molecule has 1 aromatic carbocycles. The van der Waals surface area contributed by atoms with Crippen molar-refractivity contribution < 1.29 is 9.18 Å². The zero-order valence-corrected chi connectivity index (χ0v) is 8.84. The first-order valence-corrected chi connectivity index (χ1v) is 4.83. The summed E-state index contributed by atoms with van der Waals surface area (Å²) in [6.45, 7) is 1.90. The van der Waals surface area contributed by atoms with E-state index in [1.165, 1.54) is 6.07 Å². The summed E-state index contributed by atoms with van der Waals surface area (Å²) < 4.78 is 13.5. The molecule has 13 heavy (non-hydrogen) atoms. The predicted molar refractivity (Wildman–Crippen MR) is 53.2 cm³/mol. The maximum absolute atomic E-state index is 13.0. The van der Waals surface area contributed by atoms with Gasteiger partial charge < -0.3 is 4.79 Å². The highest BCUT2D eigenvalue weighted by Gasteiger charge is 2.11. The molecule has 0 fully saturated rings. The monoisotopic (exact) mass is 244 g/mol. The minimum Gasteiger partial charge on any atom is -0.303 e. The van der Waals surface area contributed by atoms with Gasteiger partial charge in [-0.3, -0.25) is 0 Å². The maximum atomic E-state index is 13.0. The highest BCUT2D eigenvalue weighted by atomic mass is 79.9. The lowest BCUT2D eigenvalue weighted by molar-refractivity contribution is -0.108. The van der Waals surface area contributed by atoms with Gasteiger partial charge in [0, 0.05) is 6.42 Å². The van der Waals surface area contributed by atoms with E-state index in [4.69, 9.17) is 0 Å². The quantitative estimate of drug-likeness (QED) is 0.747. The van der Waals surface area contributed by atoms with Crippen LogP contribution in [0.25, 0.3) is 0 Å². The van der Waals surface area contributed by atoms with E-state index in [9.17, 15) is 9.18 Å². The maximum Gasteiger partial charge on any atom is 0.137 e. The second-order valence-electron chi connectivity index (χ2n) is 2.95. The van der Waals surface area contributed by atoms with E-state index < -0.39 is 0 Å². The van der Waals surface area contributed by atoms with Crippen LogP contribution in [-0.2, 0) is 4.79 Å². The first kappa shape index (κ1) is 10.4. The molecule has 1 aromatic rings. The number of carbonyl (C=O) groups is 1. The number of benzene rings is 1. The molecule has 0 saturated heterocycles. The predicted octanol–water partition coefficient (Wildman–Crippen LogP) is 3.28. The van der Waals surface area contributed by atoms with Gasteiger partial charge in [-0.05, 0) is 33.5 Å². The van der Waals surface area contributed by atoms with Crippen LogP contribution in [0.3, 0.4) is 0 Å². The van der Waals surface area contributed by atoms with E-state index in [2.05, 4.69) is 15.9 Å². The largest absolute Gasteiger partial charge is 0.303 e. The van der Waals surface area contributed by atoms with Crippen LogP contribution >= 0.6 is 15.9 Å². The molecular formula is C10H10BrFO. The van der Waals surface area contributed by atoms with Crippen molar-refractivity contribution in [1.82, 2.24) is 0 Å². The lowest BCUT2D eigenvalue weighted by Crippen LogP contribution is -1.96. The molecule has 0 aliphatic carbocycles. The smallest absolute Gasteiger partial charge is 0.137 e. The second-order valence-corrected chi connectivity index (χ2v) is 3.74. The molecule has 1 nitrogen and oxygen atoms in total. The van der Waals surface area contributed by atoms with Crippen LogP contribution < -0.4 is 0 Å². The zero-order valence-electron chi connectivity index (χ0n) is 7.26. The fourth-order valence-electron chi connectivity index (χ4n) is 1.17. The number of carbonyl (C=O) groups excluding carboxylic acids is 1. The normalized spacial score (nSPS) is 12.5. The van der Waals surface area contributed by atoms with Crippen molar-refractivity contribution >= 4 is 22.2 Å². The second kappa shape index (κ2) is 4.51. The zero-order chi connectivity index (χ0) is 9.84. The molecule has 1 atom stereocenters. The Hall–Kier alpha value is -0.700. The molecule has 0 spiro atoms.